The molecule has 1 aromatic heterocycles. The molecular formula is C16H16N2O2S. The molecule has 0 aliphatic rings. The Labute approximate surface area is 123 Å². The smallest absolute Gasteiger partial charge is 0.177 e. The van der Waals surface area contributed by atoms with Crippen LogP contribution in [0.15, 0.2) is 41.3 Å². The summed E-state index contributed by atoms with van der Waals surface area (Å²) in [4.78, 5) is 7.96. The summed E-state index contributed by atoms with van der Waals surface area (Å²) in [5, 5.41) is 0. The molecule has 0 radical (unpaired) electrons. The molecule has 108 valence electrons. The first-order valence-electron chi connectivity index (χ1n) is 6.62. The van der Waals surface area contributed by atoms with E-state index in [1.54, 1.807) is 12.1 Å². The monoisotopic (exact) mass is 300 g/mol. The van der Waals surface area contributed by atoms with E-state index in [9.17, 15) is 8.42 Å². The third kappa shape index (κ3) is 2.56. The van der Waals surface area contributed by atoms with Crippen molar-refractivity contribution in [3.63, 3.8) is 0 Å². The van der Waals surface area contributed by atoms with E-state index in [1.807, 2.05) is 32.0 Å². The van der Waals surface area contributed by atoms with Crippen molar-refractivity contribution >= 4 is 20.9 Å². The van der Waals surface area contributed by atoms with Crippen LogP contribution in [0.25, 0.3) is 22.4 Å². The minimum Gasteiger partial charge on any atom is -0.338 e. The maximum Gasteiger partial charge on any atom is 0.177 e. The molecule has 0 aliphatic heterocycles. The lowest BCUT2D eigenvalue weighted by atomic mass is 10.1. The van der Waals surface area contributed by atoms with E-state index in [4.69, 9.17) is 0 Å². The van der Waals surface area contributed by atoms with Gasteiger partial charge in [-0.25, -0.2) is 13.4 Å². The topological polar surface area (TPSA) is 62.8 Å². The van der Waals surface area contributed by atoms with Gasteiger partial charge < -0.3 is 4.98 Å². The second-order valence-electron chi connectivity index (χ2n) is 5.39. The van der Waals surface area contributed by atoms with E-state index in [2.05, 4.69) is 16.0 Å². The lowest BCUT2D eigenvalue weighted by Gasteiger charge is -2.01. The molecule has 0 amide bonds. The first-order valence-corrected chi connectivity index (χ1v) is 8.51. The highest BCUT2D eigenvalue weighted by atomic mass is 32.2. The highest BCUT2D eigenvalue weighted by molar-refractivity contribution is 7.91. The summed E-state index contributed by atoms with van der Waals surface area (Å²) >= 11 is 0. The molecule has 5 heteroatoms. The number of sulfone groups is 1. The van der Waals surface area contributed by atoms with Crippen LogP contribution >= 0.6 is 0 Å². The number of hydrogen-bond donors (Lipinski definition) is 1. The molecule has 4 nitrogen and oxygen atoms in total. The average Bonchev–Trinajstić information content (AvgIpc) is 2.79. The molecule has 0 aliphatic carbocycles. The Balaban J connectivity index is 2.27. The molecule has 21 heavy (non-hydrogen) atoms. The number of H-pyrrole nitrogens is 1. The van der Waals surface area contributed by atoms with Gasteiger partial charge in [0.2, 0.25) is 0 Å². The zero-order valence-electron chi connectivity index (χ0n) is 12.1. The van der Waals surface area contributed by atoms with Crippen molar-refractivity contribution in [2.75, 3.05) is 6.26 Å². The van der Waals surface area contributed by atoms with Gasteiger partial charge in [-0.05, 0) is 38.1 Å². The van der Waals surface area contributed by atoms with Crippen molar-refractivity contribution in [3.8, 4) is 11.4 Å². The van der Waals surface area contributed by atoms with Gasteiger partial charge in [0.25, 0.3) is 0 Å². The molecular weight excluding hydrogens is 284 g/mol. The summed E-state index contributed by atoms with van der Waals surface area (Å²) in [5.74, 6) is 0.688. The van der Waals surface area contributed by atoms with Crippen LogP contribution in [0.2, 0.25) is 0 Å². The van der Waals surface area contributed by atoms with E-state index in [1.165, 1.54) is 6.26 Å². The maximum absolute atomic E-state index is 11.8. The third-order valence-corrected chi connectivity index (χ3v) is 4.50. The molecule has 2 aromatic carbocycles. The van der Waals surface area contributed by atoms with Crippen molar-refractivity contribution in [2.24, 2.45) is 0 Å². The summed E-state index contributed by atoms with van der Waals surface area (Å²) in [5.41, 5.74) is 4.48. The largest absolute Gasteiger partial charge is 0.338 e. The van der Waals surface area contributed by atoms with Crippen molar-refractivity contribution < 1.29 is 8.42 Å². The van der Waals surface area contributed by atoms with Gasteiger partial charge in [-0.15, -0.1) is 0 Å². The number of aryl methyl sites for hydroxylation is 2. The normalized spacial score (nSPS) is 12.0. The molecule has 1 N–H and O–H groups in total. The van der Waals surface area contributed by atoms with Gasteiger partial charge in [-0.1, -0.05) is 23.3 Å². The number of nitrogens with one attached hydrogen (secondary N) is 1. The summed E-state index contributed by atoms with van der Waals surface area (Å²) in [7, 11) is -3.30. The first-order chi connectivity index (χ1) is 9.84. The summed E-state index contributed by atoms with van der Waals surface area (Å²) < 4.78 is 23.7. The van der Waals surface area contributed by atoms with Crippen molar-refractivity contribution in [3.05, 3.63) is 47.5 Å². The Morgan fingerprint density at radius 3 is 2.33 bits per heavy atom. The molecule has 0 saturated heterocycles. The fourth-order valence-corrected chi connectivity index (χ4v) is 3.39. The maximum atomic E-state index is 11.8. The Bertz CT molecular complexity index is 920. The van der Waals surface area contributed by atoms with Crippen LogP contribution in [-0.2, 0) is 9.84 Å². The lowest BCUT2D eigenvalue weighted by Crippen LogP contribution is -1.97. The number of imidazole rings is 1. The number of rotatable bonds is 2. The quantitative estimate of drug-likeness (QED) is 0.790. The van der Waals surface area contributed by atoms with E-state index in [0.29, 0.717) is 11.3 Å². The first kappa shape index (κ1) is 13.8. The number of fused-ring (bicyclic) bond motifs is 1. The molecule has 0 spiro atoms. The van der Waals surface area contributed by atoms with Crippen molar-refractivity contribution in [1.82, 2.24) is 9.97 Å². The van der Waals surface area contributed by atoms with E-state index in [0.717, 1.165) is 22.2 Å². The van der Waals surface area contributed by atoms with Crippen LogP contribution in [0, 0.1) is 13.8 Å². The van der Waals surface area contributed by atoms with Crippen LogP contribution in [0.1, 0.15) is 11.1 Å². The number of nitrogens with zero attached hydrogens (tertiary/aromatic N) is 1. The van der Waals surface area contributed by atoms with Gasteiger partial charge in [0.1, 0.15) is 11.3 Å². The summed E-state index contributed by atoms with van der Waals surface area (Å²) in [6.07, 6.45) is 1.20. The van der Waals surface area contributed by atoms with E-state index < -0.39 is 9.84 Å². The van der Waals surface area contributed by atoms with Crippen molar-refractivity contribution in [1.29, 1.82) is 0 Å². The Morgan fingerprint density at radius 2 is 1.71 bits per heavy atom. The number of aromatic nitrogens is 2. The number of aromatic amines is 1. The van der Waals surface area contributed by atoms with Gasteiger partial charge in [-0.2, -0.15) is 0 Å². The lowest BCUT2D eigenvalue weighted by molar-refractivity contribution is 0.602. The standard InChI is InChI=1S/C16H16N2O2S/c1-10-7-11(2)9-12(8-10)16-17-13-5-4-6-14(15(13)18-16)21(3,19)20/h4-9H,1-3H3,(H,17,18). The van der Waals surface area contributed by atoms with Gasteiger partial charge in [0.05, 0.1) is 10.4 Å². The molecule has 3 rings (SSSR count). The number of benzene rings is 2. The van der Waals surface area contributed by atoms with Crippen LogP contribution in [0.5, 0.6) is 0 Å². The molecule has 0 fully saturated rings. The average molecular weight is 300 g/mol. The number of para-hydroxylation sites is 1. The fraction of sp³-hybridized carbons (Fsp3) is 0.188. The Kier molecular flexibility index (Phi) is 3.10. The molecule has 0 unspecified atom stereocenters. The molecule has 3 aromatic rings. The van der Waals surface area contributed by atoms with Crippen molar-refractivity contribution in [2.45, 2.75) is 18.7 Å². The molecule has 0 bridgehead atoms. The second-order valence-corrected chi connectivity index (χ2v) is 7.37. The molecule has 1 heterocycles. The highest BCUT2D eigenvalue weighted by Crippen LogP contribution is 2.26. The third-order valence-electron chi connectivity index (χ3n) is 3.37. The summed E-state index contributed by atoms with van der Waals surface area (Å²) in [6.45, 7) is 4.06. The van der Waals surface area contributed by atoms with Gasteiger partial charge in [0.15, 0.2) is 9.84 Å². The zero-order chi connectivity index (χ0) is 15.2. The fourth-order valence-electron chi connectivity index (χ4n) is 2.55. The Hall–Kier alpha value is -2.14. The predicted octanol–water partition coefficient (Wildman–Crippen LogP) is 3.25. The minimum absolute atomic E-state index is 0.256. The van der Waals surface area contributed by atoms with Crippen LogP contribution in [0.3, 0.4) is 0 Å². The van der Waals surface area contributed by atoms with Crippen LogP contribution in [0.4, 0.5) is 0 Å². The van der Waals surface area contributed by atoms with E-state index >= 15 is 0 Å². The molecule has 0 saturated carbocycles. The van der Waals surface area contributed by atoms with Crippen LogP contribution in [-0.4, -0.2) is 24.6 Å². The van der Waals surface area contributed by atoms with Gasteiger partial charge >= 0.3 is 0 Å². The SMILES string of the molecule is Cc1cc(C)cc(-c2nc3c(S(C)(=O)=O)cccc3[nH]2)c1. The minimum atomic E-state index is -3.30. The molecule has 0 atom stereocenters. The Morgan fingerprint density at radius 1 is 1.05 bits per heavy atom. The highest BCUT2D eigenvalue weighted by Gasteiger charge is 2.15. The van der Waals surface area contributed by atoms with Gasteiger partial charge in [-0.3, -0.25) is 0 Å². The van der Waals surface area contributed by atoms with Gasteiger partial charge in [0, 0.05) is 11.8 Å². The summed E-state index contributed by atoms with van der Waals surface area (Å²) in [6, 6.07) is 11.3. The second kappa shape index (κ2) is 4.70. The zero-order valence-corrected chi connectivity index (χ0v) is 13.0. The number of hydrogen-bond acceptors (Lipinski definition) is 3. The van der Waals surface area contributed by atoms with Crippen LogP contribution < -0.4 is 0 Å². The predicted molar refractivity (Wildman–Crippen MR) is 84.1 cm³/mol. The van der Waals surface area contributed by atoms with E-state index in [-0.39, 0.29) is 4.90 Å².